The summed E-state index contributed by atoms with van der Waals surface area (Å²) in [5.41, 5.74) is 1.19. The van der Waals surface area contributed by atoms with Gasteiger partial charge in [0, 0.05) is 32.6 Å². The van der Waals surface area contributed by atoms with Crippen molar-refractivity contribution in [2.75, 3.05) is 45.9 Å². The highest BCUT2D eigenvalue weighted by molar-refractivity contribution is 6.03. The molecule has 1 aromatic heterocycles. The van der Waals surface area contributed by atoms with Crippen molar-refractivity contribution in [2.45, 2.75) is 12.5 Å². The monoisotopic (exact) mass is 522 g/mol. The maximum Gasteiger partial charge on any atom is 0.262 e. The van der Waals surface area contributed by atoms with Crippen LogP contribution in [0.2, 0.25) is 0 Å². The molecular weight excluding hydrogens is 494 g/mol. The van der Waals surface area contributed by atoms with Gasteiger partial charge in [0.1, 0.15) is 30.0 Å². The standard InChI is InChI=1S/C28H28F2N4O4/c29-21-9-7-20(8-10-21)24-18-25(26-6-3-15-38-26)34(31-24)27(35)19-33(12-11-32-13-16-37-17-14-32)28(36)22-4-1-2-5-23(22)30/h1-10,15,25H,11-14,16-19H2/t25-/m1/s1. The molecule has 0 bridgehead atoms. The second-order valence-corrected chi connectivity index (χ2v) is 9.19. The van der Waals surface area contributed by atoms with E-state index in [-0.39, 0.29) is 24.5 Å². The van der Waals surface area contributed by atoms with Gasteiger partial charge in [0.05, 0.1) is 30.8 Å². The number of halogens is 2. The Morgan fingerprint density at radius 3 is 2.47 bits per heavy atom. The molecule has 0 saturated carbocycles. The Hall–Kier alpha value is -3.89. The van der Waals surface area contributed by atoms with Crippen LogP contribution in [0, 0.1) is 11.6 Å². The Labute approximate surface area is 219 Å². The molecule has 1 saturated heterocycles. The Bertz CT molecular complexity index is 1290. The third-order valence-corrected chi connectivity index (χ3v) is 6.72. The summed E-state index contributed by atoms with van der Waals surface area (Å²) in [6, 6.07) is 14.6. The van der Waals surface area contributed by atoms with Crippen LogP contribution < -0.4 is 0 Å². The number of hydrazone groups is 1. The topological polar surface area (TPSA) is 78.6 Å². The highest BCUT2D eigenvalue weighted by Gasteiger charge is 2.36. The van der Waals surface area contributed by atoms with Gasteiger partial charge in [-0.05, 0) is 42.0 Å². The first-order valence-corrected chi connectivity index (χ1v) is 12.5. The predicted octanol–water partition coefficient (Wildman–Crippen LogP) is 3.71. The van der Waals surface area contributed by atoms with E-state index in [1.165, 1.54) is 46.5 Å². The van der Waals surface area contributed by atoms with Crippen molar-refractivity contribution >= 4 is 17.5 Å². The zero-order chi connectivity index (χ0) is 26.5. The second kappa shape index (κ2) is 11.7. The molecule has 5 rings (SSSR count). The van der Waals surface area contributed by atoms with E-state index in [1.54, 1.807) is 30.3 Å². The normalized spacial score (nSPS) is 17.9. The van der Waals surface area contributed by atoms with Gasteiger partial charge >= 0.3 is 0 Å². The van der Waals surface area contributed by atoms with E-state index in [0.29, 0.717) is 56.3 Å². The van der Waals surface area contributed by atoms with E-state index in [0.717, 1.165) is 0 Å². The van der Waals surface area contributed by atoms with Gasteiger partial charge in [0.25, 0.3) is 11.8 Å². The highest BCUT2D eigenvalue weighted by atomic mass is 19.1. The van der Waals surface area contributed by atoms with Crippen molar-refractivity contribution in [2.24, 2.45) is 5.10 Å². The molecule has 0 N–H and O–H groups in total. The van der Waals surface area contributed by atoms with E-state index >= 15 is 0 Å². The minimum absolute atomic E-state index is 0.0956. The SMILES string of the molecule is O=C(c1ccccc1F)N(CCN1CCOCC1)CC(=O)N1N=C(c2ccc(F)cc2)C[C@@H]1c1ccco1. The molecule has 2 aliphatic heterocycles. The fourth-order valence-corrected chi connectivity index (χ4v) is 4.64. The Morgan fingerprint density at radius 2 is 1.76 bits per heavy atom. The largest absolute Gasteiger partial charge is 0.467 e. The summed E-state index contributed by atoms with van der Waals surface area (Å²) in [6.45, 7) is 3.07. The summed E-state index contributed by atoms with van der Waals surface area (Å²) in [7, 11) is 0. The minimum Gasteiger partial charge on any atom is -0.467 e. The number of benzene rings is 2. The van der Waals surface area contributed by atoms with Crippen LogP contribution in [0.25, 0.3) is 0 Å². The summed E-state index contributed by atoms with van der Waals surface area (Å²) >= 11 is 0. The molecule has 0 radical (unpaired) electrons. The van der Waals surface area contributed by atoms with Crippen molar-refractivity contribution in [3.05, 3.63) is 95.4 Å². The number of hydrogen-bond acceptors (Lipinski definition) is 6. The molecule has 10 heteroatoms. The van der Waals surface area contributed by atoms with E-state index in [1.807, 2.05) is 0 Å². The first kappa shape index (κ1) is 25.7. The van der Waals surface area contributed by atoms with Crippen molar-refractivity contribution in [1.29, 1.82) is 0 Å². The molecular formula is C28H28F2N4O4. The summed E-state index contributed by atoms with van der Waals surface area (Å²) in [6.07, 6.45) is 1.88. The minimum atomic E-state index is -0.646. The van der Waals surface area contributed by atoms with Gasteiger partial charge < -0.3 is 14.1 Å². The molecule has 8 nitrogen and oxygen atoms in total. The number of carbonyl (C=O) groups is 2. The second-order valence-electron chi connectivity index (χ2n) is 9.19. The predicted molar refractivity (Wildman–Crippen MR) is 135 cm³/mol. The third kappa shape index (κ3) is 5.81. The van der Waals surface area contributed by atoms with Crippen molar-refractivity contribution in [1.82, 2.24) is 14.8 Å². The van der Waals surface area contributed by atoms with Crippen LogP contribution in [0.1, 0.15) is 34.1 Å². The number of morpholine rings is 1. The Morgan fingerprint density at radius 1 is 1.00 bits per heavy atom. The molecule has 3 aromatic rings. The molecule has 0 unspecified atom stereocenters. The van der Waals surface area contributed by atoms with E-state index in [9.17, 15) is 18.4 Å². The molecule has 2 aromatic carbocycles. The molecule has 0 aliphatic carbocycles. The average molecular weight is 523 g/mol. The van der Waals surface area contributed by atoms with Crippen LogP contribution in [0.15, 0.2) is 76.4 Å². The zero-order valence-corrected chi connectivity index (χ0v) is 20.8. The lowest BCUT2D eigenvalue weighted by Crippen LogP contribution is -2.46. The molecule has 2 aliphatic rings. The fraction of sp³-hybridized carbons (Fsp3) is 0.321. The number of furan rings is 1. The average Bonchev–Trinajstić information content (AvgIpc) is 3.62. The maximum atomic E-state index is 14.5. The van der Waals surface area contributed by atoms with E-state index in [2.05, 4.69) is 10.0 Å². The summed E-state index contributed by atoms with van der Waals surface area (Å²) in [5.74, 6) is -1.48. The Balaban J connectivity index is 1.39. The van der Waals surface area contributed by atoms with Gasteiger partial charge in [0.15, 0.2) is 0 Å². The van der Waals surface area contributed by atoms with Crippen molar-refractivity contribution < 1.29 is 27.5 Å². The van der Waals surface area contributed by atoms with Gasteiger partial charge in [-0.15, -0.1) is 0 Å². The summed E-state index contributed by atoms with van der Waals surface area (Å²) in [5, 5.41) is 5.87. The van der Waals surface area contributed by atoms with Gasteiger partial charge in [-0.3, -0.25) is 14.5 Å². The van der Waals surface area contributed by atoms with Crippen LogP contribution in [0.5, 0.6) is 0 Å². The Kier molecular flexibility index (Phi) is 7.90. The van der Waals surface area contributed by atoms with E-state index in [4.69, 9.17) is 9.15 Å². The summed E-state index contributed by atoms with van der Waals surface area (Å²) < 4.78 is 39.0. The lowest BCUT2D eigenvalue weighted by atomic mass is 10.0. The quantitative estimate of drug-likeness (QED) is 0.451. The van der Waals surface area contributed by atoms with Crippen molar-refractivity contribution in [3.8, 4) is 0 Å². The lowest BCUT2D eigenvalue weighted by molar-refractivity contribution is -0.134. The first-order valence-electron chi connectivity index (χ1n) is 12.5. The molecule has 2 amide bonds. The molecule has 1 fully saturated rings. The number of nitrogens with zero attached hydrogens (tertiary/aromatic N) is 4. The number of amides is 2. The van der Waals surface area contributed by atoms with Gasteiger partial charge in [0.2, 0.25) is 0 Å². The first-order chi connectivity index (χ1) is 18.5. The smallest absolute Gasteiger partial charge is 0.262 e. The van der Waals surface area contributed by atoms with Crippen molar-refractivity contribution in [3.63, 3.8) is 0 Å². The van der Waals surface area contributed by atoms with Gasteiger partial charge in [-0.25, -0.2) is 13.8 Å². The van der Waals surface area contributed by atoms with Crippen LogP contribution in [-0.2, 0) is 9.53 Å². The zero-order valence-electron chi connectivity index (χ0n) is 20.8. The maximum absolute atomic E-state index is 14.5. The number of ether oxygens (including phenoxy) is 1. The molecule has 1 atom stereocenters. The molecule has 0 spiro atoms. The van der Waals surface area contributed by atoms with E-state index < -0.39 is 23.7 Å². The molecule has 3 heterocycles. The van der Waals surface area contributed by atoms with Crippen LogP contribution >= 0.6 is 0 Å². The fourth-order valence-electron chi connectivity index (χ4n) is 4.64. The highest BCUT2D eigenvalue weighted by Crippen LogP contribution is 2.33. The van der Waals surface area contributed by atoms with Gasteiger partial charge in [-0.2, -0.15) is 5.10 Å². The molecule has 38 heavy (non-hydrogen) atoms. The van der Waals surface area contributed by atoms with Crippen LogP contribution in [0.3, 0.4) is 0 Å². The van der Waals surface area contributed by atoms with Crippen LogP contribution in [-0.4, -0.2) is 78.3 Å². The number of hydrogen-bond donors (Lipinski definition) is 0. The third-order valence-electron chi connectivity index (χ3n) is 6.72. The summed E-state index contributed by atoms with van der Waals surface area (Å²) in [4.78, 5) is 30.6. The molecule has 198 valence electrons. The lowest BCUT2D eigenvalue weighted by Gasteiger charge is -2.31. The van der Waals surface area contributed by atoms with Gasteiger partial charge in [-0.1, -0.05) is 24.3 Å². The number of carbonyl (C=O) groups excluding carboxylic acids is 2. The number of rotatable bonds is 8. The van der Waals surface area contributed by atoms with Crippen LogP contribution in [0.4, 0.5) is 8.78 Å².